The smallest absolute Gasteiger partial charge is 0.399 e. The topological polar surface area (TPSA) is 78.1 Å². The van der Waals surface area contributed by atoms with Crippen molar-refractivity contribution in [3.05, 3.63) is 53.6 Å². The molecule has 0 aliphatic carbocycles. The summed E-state index contributed by atoms with van der Waals surface area (Å²) in [5.41, 5.74) is 18.5. The molecule has 0 unspecified atom stereocenters. The van der Waals surface area contributed by atoms with Crippen molar-refractivity contribution in [2.24, 2.45) is 0 Å². The molecule has 108 valence electrons. The summed E-state index contributed by atoms with van der Waals surface area (Å²) in [5, 5.41) is 0. The van der Waals surface area contributed by atoms with E-state index >= 15 is 0 Å². The van der Waals surface area contributed by atoms with Crippen LogP contribution in [-0.2, 0) is 6.18 Å². The molecule has 2 rings (SSSR count). The molecule has 0 saturated carbocycles. The second-order valence-corrected chi connectivity index (χ2v) is 4.24. The number of hydrogen-bond donors (Lipinski definition) is 3. The van der Waals surface area contributed by atoms with Gasteiger partial charge in [-0.3, -0.25) is 0 Å². The van der Waals surface area contributed by atoms with Crippen LogP contribution in [0.3, 0.4) is 0 Å². The fourth-order valence-electron chi connectivity index (χ4n) is 1.37. The molecule has 0 spiro atoms. The highest BCUT2D eigenvalue weighted by atomic mass is 19.4. The maximum atomic E-state index is 11.9. The Morgan fingerprint density at radius 3 is 1.70 bits per heavy atom. The third-order valence-electron chi connectivity index (χ3n) is 2.53. The molecule has 2 aromatic carbocycles. The number of anilines is 3. The van der Waals surface area contributed by atoms with Crippen molar-refractivity contribution in [2.45, 2.75) is 13.1 Å². The fourth-order valence-corrected chi connectivity index (χ4v) is 1.37. The van der Waals surface area contributed by atoms with Gasteiger partial charge in [-0.1, -0.05) is 0 Å². The summed E-state index contributed by atoms with van der Waals surface area (Å²) in [6, 6.07) is 9.82. The Hall–Kier alpha value is -2.37. The van der Waals surface area contributed by atoms with Crippen LogP contribution >= 0.6 is 0 Å². The molecule has 0 aliphatic rings. The Balaban J connectivity index is 0.000000204. The summed E-state index contributed by atoms with van der Waals surface area (Å²) >= 11 is 0. The van der Waals surface area contributed by atoms with E-state index in [1.807, 2.05) is 19.1 Å². The Morgan fingerprint density at radius 2 is 1.30 bits per heavy atom. The third-order valence-corrected chi connectivity index (χ3v) is 2.53. The first-order valence-electron chi connectivity index (χ1n) is 5.74. The van der Waals surface area contributed by atoms with E-state index in [1.165, 1.54) is 12.1 Å². The molecule has 3 nitrogen and oxygen atoms in total. The van der Waals surface area contributed by atoms with E-state index in [4.69, 9.17) is 17.2 Å². The summed E-state index contributed by atoms with van der Waals surface area (Å²) in [4.78, 5) is 0. The zero-order valence-electron chi connectivity index (χ0n) is 10.9. The number of rotatable bonds is 0. The second-order valence-electron chi connectivity index (χ2n) is 4.24. The zero-order chi connectivity index (χ0) is 15.3. The number of nitrogens with two attached hydrogens (primary N) is 3. The summed E-state index contributed by atoms with van der Waals surface area (Å²) in [5.74, 6) is 0. The molecular weight excluding hydrogens is 267 g/mol. The molecular formula is C14H16F3N3. The standard InChI is InChI=1S/C7H6F3N.C7H10N2/c8-7(9,10)5-1-3-6(11)4-2-5;1-5-4-6(8)2-3-7(5)9/h1-4H,11H2;2-4H,8-9H2,1H3. The number of benzene rings is 2. The van der Waals surface area contributed by atoms with Crippen molar-refractivity contribution in [3.8, 4) is 0 Å². The molecule has 0 aliphatic heterocycles. The lowest BCUT2D eigenvalue weighted by atomic mass is 10.2. The van der Waals surface area contributed by atoms with Gasteiger partial charge in [0, 0.05) is 17.1 Å². The van der Waals surface area contributed by atoms with Crippen LogP contribution in [0, 0.1) is 6.92 Å². The Kier molecular flexibility index (Phi) is 4.85. The third kappa shape index (κ3) is 4.72. The average molecular weight is 283 g/mol. The van der Waals surface area contributed by atoms with Crippen LogP contribution in [0.5, 0.6) is 0 Å². The first kappa shape index (κ1) is 15.7. The largest absolute Gasteiger partial charge is 0.416 e. The second kappa shape index (κ2) is 6.18. The van der Waals surface area contributed by atoms with Crippen LogP contribution in [0.25, 0.3) is 0 Å². The van der Waals surface area contributed by atoms with Gasteiger partial charge in [0.15, 0.2) is 0 Å². The van der Waals surface area contributed by atoms with Gasteiger partial charge in [-0.15, -0.1) is 0 Å². The average Bonchev–Trinajstić information content (AvgIpc) is 2.34. The lowest BCUT2D eigenvalue weighted by Crippen LogP contribution is -2.04. The van der Waals surface area contributed by atoms with Gasteiger partial charge in [-0.05, 0) is 55.0 Å². The van der Waals surface area contributed by atoms with Crippen LogP contribution in [0.1, 0.15) is 11.1 Å². The minimum absolute atomic E-state index is 0.331. The monoisotopic (exact) mass is 283 g/mol. The van der Waals surface area contributed by atoms with Crippen molar-refractivity contribution in [1.29, 1.82) is 0 Å². The van der Waals surface area contributed by atoms with Crippen LogP contribution in [0.4, 0.5) is 30.2 Å². The van der Waals surface area contributed by atoms with Gasteiger partial charge in [-0.2, -0.15) is 13.2 Å². The van der Waals surface area contributed by atoms with Crippen LogP contribution in [-0.4, -0.2) is 0 Å². The molecule has 0 amide bonds. The normalized spacial score (nSPS) is 10.6. The Bertz CT molecular complexity index is 563. The maximum Gasteiger partial charge on any atom is 0.416 e. The van der Waals surface area contributed by atoms with Gasteiger partial charge in [0.1, 0.15) is 0 Å². The Labute approximate surface area is 115 Å². The predicted molar refractivity (Wildman–Crippen MR) is 75.9 cm³/mol. The van der Waals surface area contributed by atoms with E-state index in [1.54, 1.807) is 6.07 Å². The molecule has 0 aromatic heterocycles. The van der Waals surface area contributed by atoms with Gasteiger partial charge >= 0.3 is 6.18 Å². The Morgan fingerprint density at radius 1 is 0.800 bits per heavy atom. The summed E-state index contributed by atoms with van der Waals surface area (Å²) in [6.07, 6.45) is -4.27. The summed E-state index contributed by atoms with van der Waals surface area (Å²) in [6.45, 7) is 1.94. The quantitative estimate of drug-likeness (QED) is 0.648. The van der Waals surface area contributed by atoms with E-state index in [9.17, 15) is 13.2 Å². The van der Waals surface area contributed by atoms with Crippen LogP contribution in [0.2, 0.25) is 0 Å². The zero-order valence-corrected chi connectivity index (χ0v) is 10.9. The predicted octanol–water partition coefficient (Wildman–Crippen LogP) is 3.45. The van der Waals surface area contributed by atoms with Gasteiger partial charge in [0.2, 0.25) is 0 Å². The molecule has 0 bridgehead atoms. The van der Waals surface area contributed by atoms with E-state index in [0.717, 1.165) is 29.1 Å². The van der Waals surface area contributed by atoms with Gasteiger partial charge in [0.25, 0.3) is 0 Å². The first-order valence-corrected chi connectivity index (χ1v) is 5.74. The van der Waals surface area contributed by atoms with Crippen LogP contribution < -0.4 is 17.2 Å². The number of alkyl halides is 3. The van der Waals surface area contributed by atoms with E-state index < -0.39 is 11.7 Å². The van der Waals surface area contributed by atoms with Gasteiger partial charge in [-0.25, -0.2) is 0 Å². The lowest BCUT2D eigenvalue weighted by molar-refractivity contribution is -0.137. The van der Waals surface area contributed by atoms with Gasteiger partial charge < -0.3 is 17.2 Å². The van der Waals surface area contributed by atoms with E-state index in [2.05, 4.69) is 0 Å². The maximum absolute atomic E-state index is 11.9. The lowest BCUT2D eigenvalue weighted by Gasteiger charge is -2.05. The number of nitrogen functional groups attached to an aromatic ring is 3. The fraction of sp³-hybridized carbons (Fsp3) is 0.143. The van der Waals surface area contributed by atoms with E-state index in [-0.39, 0.29) is 0 Å². The molecule has 0 fully saturated rings. The molecule has 6 heteroatoms. The molecule has 0 heterocycles. The molecule has 0 atom stereocenters. The summed E-state index contributed by atoms with van der Waals surface area (Å²) < 4.78 is 35.6. The minimum Gasteiger partial charge on any atom is -0.399 e. The number of hydrogen-bond acceptors (Lipinski definition) is 3. The van der Waals surface area contributed by atoms with Crippen molar-refractivity contribution < 1.29 is 13.2 Å². The molecule has 6 N–H and O–H groups in total. The van der Waals surface area contributed by atoms with Crippen molar-refractivity contribution in [3.63, 3.8) is 0 Å². The van der Waals surface area contributed by atoms with Crippen LogP contribution in [0.15, 0.2) is 42.5 Å². The number of aryl methyl sites for hydroxylation is 1. The number of halogens is 3. The SMILES string of the molecule is Cc1cc(N)ccc1N.Nc1ccc(C(F)(F)F)cc1. The van der Waals surface area contributed by atoms with E-state index in [0.29, 0.717) is 5.69 Å². The van der Waals surface area contributed by atoms with Crippen molar-refractivity contribution in [2.75, 3.05) is 17.2 Å². The highest BCUT2D eigenvalue weighted by molar-refractivity contribution is 5.54. The first-order chi connectivity index (χ1) is 9.20. The molecule has 0 radical (unpaired) electrons. The highest BCUT2D eigenvalue weighted by Crippen LogP contribution is 2.29. The molecule has 2 aromatic rings. The highest BCUT2D eigenvalue weighted by Gasteiger charge is 2.29. The summed E-state index contributed by atoms with van der Waals surface area (Å²) in [7, 11) is 0. The minimum atomic E-state index is -4.27. The van der Waals surface area contributed by atoms with Crippen molar-refractivity contribution >= 4 is 17.1 Å². The van der Waals surface area contributed by atoms with Crippen molar-refractivity contribution in [1.82, 2.24) is 0 Å². The van der Waals surface area contributed by atoms with Gasteiger partial charge in [0.05, 0.1) is 5.56 Å². The molecule has 0 saturated heterocycles. The molecule has 20 heavy (non-hydrogen) atoms.